The van der Waals surface area contributed by atoms with Gasteiger partial charge in [-0.25, -0.2) is 0 Å². The molecule has 0 unspecified atom stereocenters. The lowest BCUT2D eigenvalue weighted by atomic mass is 10.2. The van der Waals surface area contributed by atoms with Crippen LogP contribution in [-0.2, 0) is 32.0 Å². The van der Waals surface area contributed by atoms with E-state index in [0.717, 1.165) is 55.2 Å². The fourth-order valence-corrected chi connectivity index (χ4v) is 4.88. The molecule has 0 radical (unpaired) electrons. The van der Waals surface area contributed by atoms with Gasteiger partial charge in [0, 0.05) is 66.9 Å². The molecule has 5 rings (SSSR count). The van der Waals surface area contributed by atoms with Gasteiger partial charge in [0.25, 0.3) is 0 Å². The Balaban J connectivity index is 1.55. The third-order valence-corrected chi connectivity index (χ3v) is 7.06. The topological polar surface area (TPSA) is 61.9 Å². The summed E-state index contributed by atoms with van der Waals surface area (Å²) < 4.78 is 36.0. The minimum Gasteiger partial charge on any atom is -0.493 e. The zero-order valence-corrected chi connectivity index (χ0v) is 24.1. The number of halogens is 2. The first-order chi connectivity index (χ1) is 19.2. The zero-order valence-electron chi connectivity index (χ0n) is 22.6. The van der Waals surface area contributed by atoms with Crippen molar-refractivity contribution in [3.8, 4) is 11.5 Å². The van der Waals surface area contributed by atoms with Crippen LogP contribution in [0, 0.1) is 0 Å². The van der Waals surface area contributed by atoms with E-state index in [0.29, 0.717) is 89.2 Å². The number of nitrogens with zero attached hydrogens (tertiary/aromatic N) is 2. The van der Waals surface area contributed by atoms with Gasteiger partial charge in [0.15, 0.2) is 0 Å². The lowest BCUT2D eigenvalue weighted by molar-refractivity contribution is 0.00611. The molecule has 10 heteroatoms. The summed E-state index contributed by atoms with van der Waals surface area (Å²) in [5.74, 6) is 1.65. The first kappa shape index (κ1) is 30.3. The largest absolute Gasteiger partial charge is 0.493 e. The molecule has 0 spiro atoms. The molecule has 0 amide bonds. The fourth-order valence-electron chi connectivity index (χ4n) is 4.49. The molecule has 0 aliphatic carbocycles. The fraction of sp³-hybridized carbons (Fsp3) is 0.586. The second-order valence-corrected chi connectivity index (χ2v) is 10.4. The maximum absolute atomic E-state index is 6.37. The normalized spacial score (nSPS) is 23.4. The molecule has 0 N–H and O–H groups in total. The standard InChI is InChI=1S/C29H40Cl2N2O6/c30-26-2-4-28-24(20-26)22-32-6-12-34-16-18-36-14-8-33(9-15-37-19-17-35-13-7-32)23-25-21-27(31)3-5-29(25)39-11-1-10-38-28/h2-5,20-21H,1,6-19,22-23H2. The van der Waals surface area contributed by atoms with Crippen LogP contribution >= 0.6 is 23.2 Å². The van der Waals surface area contributed by atoms with Gasteiger partial charge in [0.1, 0.15) is 11.5 Å². The molecule has 2 aromatic rings. The van der Waals surface area contributed by atoms with Gasteiger partial charge in [0.05, 0.1) is 66.1 Å². The van der Waals surface area contributed by atoms with Gasteiger partial charge in [-0.15, -0.1) is 0 Å². The maximum Gasteiger partial charge on any atom is 0.123 e. The lowest BCUT2D eigenvalue weighted by Gasteiger charge is -2.24. The van der Waals surface area contributed by atoms with Crippen molar-refractivity contribution in [2.45, 2.75) is 19.5 Å². The first-order valence-corrected chi connectivity index (χ1v) is 14.5. The minimum atomic E-state index is 0.532. The van der Waals surface area contributed by atoms with Gasteiger partial charge in [-0.05, 0) is 36.4 Å². The average Bonchev–Trinajstić information content (AvgIpc) is 2.92. The summed E-state index contributed by atoms with van der Waals surface area (Å²) in [4.78, 5) is 4.60. The third kappa shape index (κ3) is 11.1. The second-order valence-electron chi connectivity index (χ2n) is 9.56. The number of hydrogen-bond donors (Lipinski definition) is 0. The van der Waals surface area contributed by atoms with Crippen molar-refractivity contribution < 1.29 is 28.4 Å². The van der Waals surface area contributed by atoms with E-state index < -0.39 is 0 Å². The van der Waals surface area contributed by atoms with Gasteiger partial charge >= 0.3 is 0 Å². The molecule has 216 valence electrons. The van der Waals surface area contributed by atoms with E-state index in [1.165, 1.54) is 0 Å². The number of ether oxygens (including phenoxy) is 6. The Morgan fingerprint density at radius 3 is 1.26 bits per heavy atom. The van der Waals surface area contributed by atoms with Crippen LogP contribution in [0.2, 0.25) is 10.0 Å². The van der Waals surface area contributed by atoms with Crippen molar-refractivity contribution in [3.05, 3.63) is 57.6 Å². The van der Waals surface area contributed by atoms with E-state index >= 15 is 0 Å². The summed E-state index contributed by atoms with van der Waals surface area (Å²) in [5, 5.41) is 1.37. The van der Waals surface area contributed by atoms with Gasteiger partial charge in [-0.1, -0.05) is 23.2 Å². The second kappa shape index (κ2) is 17.3. The highest BCUT2D eigenvalue weighted by atomic mass is 35.5. The molecule has 3 aliphatic heterocycles. The van der Waals surface area contributed by atoms with Crippen molar-refractivity contribution in [2.75, 3.05) is 92.2 Å². The maximum atomic E-state index is 6.37. The molecule has 2 aromatic carbocycles. The van der Waals surface area contributed by atoms with E-state index in [1.54, 1.807) is 0 Å². The van der Waals surface area contributed by atoms with Crippen LogP contribution in [0.5, 0.6) is 11.5 Å². The molecule has 3 aliphatic rings. The Labute approximate surface area is 241 Å². The SMILES string of the molecule is Clc1ccc2c(c1)CN1CCOCCOCCN(CCOCCOCC1)Cc1cc(Cl)ccc1OCCCO2. The summed E-state index contributed by atoms with van der Waals surface area (Å²) in [7, 11) is 0. The predicted molar refractivity (Wildman–Crippen MR) is 152 cm³/mol. The minimum absolute atomic E-state index is 0.532. The van der Waals surface area contributed by atoms with Crippen molar-refractivity contribution >= 4 is 23.2 Å². The van der Waals surface area contributed by atoms with E-state index in [-0.39, 0.29) is 0 Å². The average molecular weight is 584 g/mol. The molecular formula is C29H40Cl2N2O6. The van der Waals surface area contributed by atoms with Crippen LogP contribution in [0.15, 0.2) is 36.4 Å². The Bertz CT molecular complexity index is 901. The van der Waals surface area contributed by atoms with E-state index in [2.05, 4.69) is 9.80 Å². The highest BCUT2D eigenvalue weighted by Gasteiger charge is 2.14. The first-order valence-electron chi connectivity index (χ1n) is 13.8. The van der Waals surface area contributed by atoms with Gasteiger partial charge in [-0.3, -0.25) is 9.80 Å². The van der Waals surface area contributed by atoms with E-state index in [9.17, 15) is 0 Å². The van der Waals surface area contributed by atoms with E-state index in [4.69, 9.17) is 51.6 Å². The monoisotopic (exact) mass is 582 g/mol. The predicted octanol–water partition coefficient (Wildman–Crippen LogP) is 4.54. The molecule has 1 fully saturated rings. The van der Waals surface area contributed by atoms with Crippen molar-refractivity contribution in [1.29, 1.82) is 0 Å². The zero-order chi connectivity index (χ0) is 27.1. The van der Waals surface area contributed by atoms with Crippen LogP contribution in [0.3, 0.4) is 0 Å². The van der Waals surface area contributed by atoms with Crippen molar-refractivity contribution in [1.82, 2.24) is 9.80 Å². The summed E-state index contributed by atoms with van der Waals surface area (Å²) in [6.45, 7) is 10.0. The Kier molecular flexibility index (Phi) is 13.4. The summed E-state index contributed by atoms with van der Waals surface area (Å²) in [6.07, 6.45) is 0.737. The Hall–Kier alpha value is -1.62. The Morgan fingerprint density at radius 2 is 0.872 bits per heavy atom. The Morgan fingerprint density at radius 1 is 0.487 bits per heavy atom. The van der Waals surface area contributed by atoms with Gasteiger partial charge in [0.2, 0.25) is 0 Å². The van der Waals surface area contributed by atoms with Crippen LogP contribution < -0.4 is 9.47 Å². The summed E-state index contributed by atoms with van der Waals surface area (Å²) in [6, 6.07) is 11.6. The molecule has 0 saturated carbocycles. The van der Waals surface area contributed by atoms with Gasteiger partial charge < -0.3 is 28.4 Å². The number of fused-ring (bicyclic) bond motifs is 18. The van der Waals surface area contributed by atoms with Gasteiger partial charge in [-0.2, -0.15) is 0 Å². The highest BCUT2D eigenvalue weighted by molar-refractivity contribution is 6.31. The number of benzene rings is 2. The molecule has 3 heterocycles. The molecule has 0 aromatic heterocycles. The highest BCUT2D eigenvalue weighted by Crippen LogP contribution is 2.26. The lowest BCUT2D eigenvalue weighted by Crippen LogP contribution is -2.33. The smallest absolute Gasteiger partial charge is 0.123 e. The summed E-state index contributed by atoms with van der Waals surface area (Å²) in [5.41, 5.74) is 2.07. The molecule has 39 heavy (non-hydrogen) atoms. The molecule has 2 bridgehead atoms. The van der Waals surface area contributed by atoms with E-state index in [1.807, 2.05) is 36.4 Å². The number of hydrogen-bond acceptors (Lipinski definition) is 8. The van der Waals surface area contributed by atoms with Crippen LogP contribution in [-0.4, -0.2) is 102 Å². The third-order valence-electron chi connectivity index (χ3n) is 6.59. The number of rotatable bonds is 0. The summed E-state index contributed by atoms with van der Waals surface area (Å²) >= 11 is 12.7. The van der Waals surface area contributed by atoms with Crippen molar-refractivity contribution in [2.24, 2.45) is 0 Å². The quantitative estimate of drug-likeness (QED) is 0.448. The van der Waals surface area contributed by atoms with Crippen molar-refractivity contribution in [3.63, 3.8) is 0 Å². The molecular weight excluding hydrogens is 543 g/mol. The molecule has 8 nitrogen and oxygen atoms in total. The molecule has 1 saturated heterocycles. The van der Waals surface area contributed by atoms with Crippen LogP contribution in [0.25, 0.3) is 0 Å². The molecule has 0 atom stereocenters. The van der Waals surface area contributed by atoms with Crippen LogP contribution in [0.1, 0.15) is 17.5 Å². The van der Waals surface area contributed by atoms with Crippen LogP contribution in [0.4, 0.5) is 0 Å².